The first-order chi connectivity index (χ1) is 8.31. The molecular formula is C13H22N4. The van der Waals surface area contributed by atoms with Gasteiger partial charge in [0.25, 0.3) is 0 Å². The van der Waals surface area contributed by atoms with Gasteiger partial charge in [-0.25, -0.2) is 0 Å². The van der Waals surface area contributed by atoms with Crippen LogP contribution >= 0.6 is 0 Å². The fourth-order valence-corrected chi connectivity index (χ4v) is 2.41. The van der Waals surface area contributed by atoms with Gasteiger partial charge in [0.2, 0.25) is 0 Å². The van der Waals surface area contributed by atoms with Crippen molar-refractivity contribution < 1.29 is 0 Å². The molecule has 2 rings (SSSR count). The molecule has 2 heterocycles. The first kappa shape index (κ1) is 12.3. The van der Waals surface area contributed by atoms with Crippen LogP contribution in [0.3, 0.4) is 0 Å². The minimum Gasteiger partial charge on any atom is -0.351 e. The Morgan fingerprint density at radius 3 is 3.06 bits per heavy atom. The second kappa shape index (κ2) is 5.96. The van der Waals surface area contributed by atoms with Gasteiger partial charge in [-0.1, -0.05) is 6.92 Å². The molecule has 1 aromatic rings. The van der Waals surface area contributed by atoms with Gasteiger partial charge in [0.15, 0.2) is 5.82 Å². The van der Waals surface area contributed by atoms with E-state index in [1.54, 1.807) is 0 Å². The third-order valence-corrected chi connectivity index (χ3v) is 3.25. The first-order valence-electron chi connectivity index (χ1n) is 6.58. The third-order valence-electron chi connectivity index (χ3n) is 3.25. The summed E-state index contributed by atoms with van der Waals surface area (Å²) < 4.78 is 0. The zero-order chi connectivity index (χ0) is 12.1. The van der Waals surface area contributed by atoms with Crippen LogP contribution < -0.4 is 10.2 Å². The standard InChI is InChI=1S/C13H22N4/c1-3-7-17(12-5-4-6-14-10-12)13-8-11(2)9-15-16-13/h8-9,12,14H,3-7,10H2,1-2H3. The molecule has 0 amide bonds. The summed E-state index contributed by atoms with van der Waals surface area (Å²) in [7, 11) is 0. The number of nitrogens with one attached hydrogen (secondary N) is 1. The maximum atomic E-state index is 4.28. The lowest BCUT2D eigenvalue weighted by Crippen LogP contribution is -2.47. The fourth-order valence-electron chi connectivity index (χ4n) is 2.41. The highest BCUT2D eigenvalue weighted by Gasteiger charge is 2.21. The van der Waals surface area contributed by atoms with Crippen molar-refractivity contribution in [3.63, 3.8) is 0 Å². The van der Waals surface area contributed by atoms with Crippen molar-refractivity contribution in [2.75, 3.05) is 24.5 Å². The molecule has 1 fully saturated rings. The summed E-state index contributed by atoms with van der Waals surface area (Å²) in [4.78, 5) is 2.41. The molecule has 0 saturated carbocycles. The molecule has 1 aliphatic rings. The van der Waals surface area contributed by atoms with Gasteiger partial charge in [0.1, 0.15) is 0 Å². The van der Waals surface area contributed by atoms with Gasteiger partial charge in [0, 0.05) is 19.1 Å². The van der Waals surface area contributed by atoms with Crippen LogP contribution in [0.15, 0.2) is 12.3 Å². The van der Waals surface area contributed by atoms with E-state index in [0.29, 0.717) is 6.04 Å². The molecule has 1 aliphatic heterocycles. The van der Waals surface area contributed by atoms with E-state index in [1.807, 2.05) is 6.20 Å². The zero-order valence-corrected chi connectivity index (χ0v) is 10.8. The normalized spacial score (nSPS) is 20.2. The number of hydrogen-bond donors (Lipinski definition) is 1. The number of nitrogens with zero attached hydrogens (tertiary/aromatic N) is 3. The number of aryl methyl sites for hydroxylation is 1. The summed E-state index contributed by atoms with van der Waals surface area (Å²) in [6.07, 6.45) is 5.46. The van der Waals surface area contributed by atoms with Crippen molar-refractivity contribution in [2.45, 2.75) is 39.2 Å². The average Bonchev–Trinajstić information content (AvgIpc) is 2.37. The topological polar surface area (TPSA) is 41.1 Å². The van der Waals surface area contributed by atoms with Crippen molar-refractivity contribution in [2.24, 2.45) is 0 Å². The van der Waals surface area contributed by atoms with E-state index in [4.69, 9.17) is 0 Å². The van der Waals surface area contributed by atoms with E-state index in [9.17, 15) is 0 Å². The molecule has 1 unspecified atom stereocenters. The van der Waals surface area contributed by atoms with Crippen molar-refractivity contribution in [1.29, 1.82) is 0 Å². The van der Waals surface area contributed by atoms with Crippen LogP contribution in [0.2, 0.25) is 0 Å². The Morgan fingerprint density at radius 2 is 2.41 bits per heavy atom. The van der Waals surface area contributed by atoms with Crippen LogP contribution in [0.1, 0.15) is 31.7 Å². The molecule has 17 heavy (non-hydrogen) atoms. The minimum atomic E-state index is 0.569. The Kier molecular flexibility index (Phi) is 4.31. The average molecular weight is 234 g/mol. The smallest absolute Gasteiger partial charge is 0.151 e. The summed E-state index contributed by atoms with van der Waals surface area (Å²) in [5.41, 5.74) is 1.18. The maximum absolute atomic E-state index is 4.28. The molecule has 94 valence electrons. The SMILES string of the molecule is CCCN(c1cc(C)cnn1)C1CCCNC1. The largest absolute Gasteiger partial charge is 0.351 e. The monoisotopic (exact) mass is 234 g/mol. The summed E-state index contributed by atoms with van der Waals surface area (Å²) >= 11 is 0. The molecular weight excluding hydrogens is 212 g/mol. The van der Waals surface area contributed by atoms with Crippen molar-refractivity contribution in [3.8, 4) is 0 Å². The second-order valence-corrected chi connectivity index (χ2v) is 4.78. The first-order valence-corrected chi connectivity index (χ1v) is 6.58. The number of anilines is 1. The van der Waals surface area contributed by atoms with Crippen LogP contribution in [0.4, 0.5) is 5.82 Å². The van der Waals surface area contributed by atoms with Crippen molar-refractivity contribution >= 4 is 5.82 Å². The summed E-state index contributed by atoms with van der Waals surface area (Å²) in [5.74, 6) is 1.03. The lowest BCUT2D eigenvalue weighted by molar-refractivity contribution is 0.428. The minimum absolute atomic E-state index is 0.569. The summed E-state index contributed by atoms with van der Waals surface area (Å²) in [5, 5.41) is 11.8. The van der Waals surface area contributed by atoms with Gasteiger partial charge < -0.3 is 10.2 Å². The quantitative estimate of drug-likeness (QED) is 0.862. The van der Waals surface area contributed by atoms with Crippen LogP contribution in [0.25, 0.3) is 0 Å². The van der Waals surface area contributed by atoms with Gasteiger partial charge in [0.05, 0.1) is 6.20 Å². The molecule has 0 bridgehead atoms. The second-order valence-electron chi connectivity index (χ2n) is 4.78. The maximum Gasteiger partial charge on any atom is 0.151 e. The van der Waals surface area contributed by atoms with E-state index < -0.39 is 0 Å². The van der Waals surface area contributed by atoms with Gasteiger partial charge in [-0.15, -0.1) is 5.10 Å². The predicted molar refractivity (Wildman–Crippen MR) is 70.3 cm³/mol. The van der Waals surface area contributed by atoms with E-state index in [1.165, 1.54) is 18.4 Å². The van der Waals surface area contributed by atoms with E-state index in [0.717, 1.165) is 31.9 Å². The Morgan fingerprint density at radius 1 is 1.53 bits per heavy atom. The van der Waals surface area contributed by atoms with Gasteiger partial charge in [-0.3, -0.25) is 0 Å². The molecule has 4 heteroatoms. The number of hydrogen-bond acceptors (Lipinski definition) is 4. The van der Waals surface area contributed by atoms with E-state index >= 15 is 0 Å². The fraction of sp³-hybridized carbons (Fsp3) is 0.692. The molecule has 1 N–H and O–H groups in total. The number of aromatic nitrogens is 2. The lowest BCUT2D eigenvalue weighted by Gasteiger charge is -2.35. The molecule has 1 atom stereocenters. The number of piperidine rings is 1. The van der Waals surface area contributed by atoms with Crippen molar-refractivity contribution in [3.05, 3.63) is 17.8 Å². The molecule has 1 aromatic heterocycles. The van der Waals surface area contributed by atoms with Crippen molar-refractivity contribution in [1.82, 2.24) is 15.5 Å². The molecule has 0 aliphatic carbocycles. The van der Waals surface area contributed by atoms with Crippen LogP contribution in [-0.4, -0.2) is 35.9 Å². The third kappa shape index (κ3) is 3.16. The highest BCUT2D eigenvalue weighted by molar-refractivity contribution is 5.40. The molecule has 0 radical (unpaired) electrons. The van der Waals surface area contributed by atoms with Crippen LogP contribution in [-0.2, 0) is 0 Å². The molecule has 0 aromatic carbocycles. The Hall–Kier alpha value is -1.16. The van der Waals surface area contributed by atoms with E-state index in [-0.39, 0.29) is 0 Å². The summed E-state index contributed by atoms with van der Waals surface area (Å²) in [6.45, 7) is 7.56. The summed E-state index contributed by atoms with van der Waals surface area (Å²) in [6, 6.07) is 2.71. The Bertz CT molecular complexity index is 347. The molecule has 0 spiro atoms. The highest BCUT2D eigenvalue weighted by atomic mass is 15.3. The Balaban J connectivity index is 2.15. The molecule has 4 nitrogen and oxygen atoms in total. The van der Waals surface area contributed by atoms with Crippen LogP contribution in [0.5, 0.6) is 0 Å². The van der Waals surface area contributed by atoms with Gasteiger partial charge >= 0.3 is 0 Å². The Labute approximate surface area is 103 Å². The predicted octanol–water partition coefficient (Wildman–Crippen LogP) is 1.75. The van der Waals surface area contributed by atoms with Gasteiger partial charge in [-0.05, 0) is 44.4 Å². The molecule has 1 saturated heterocycles. The van der Waals surface area contributed by atoms with Crippen LogP contribution in [0, 0.1) is 6.92 Å². The number of rotatable bonds is 4. The zero-order valence-electron chi connectivity index (χ0n) is 10.8. The van der Waals surface area contributed by atoms with Gasteiger partial charge in [-0.2, -0.15) is 5.10 Å². The highest BCUT2D eigenvalue weighted by Crippen LogP contribution is 2.19. The van der Waals surface area contributed by atoms with E-state index in [2.05, 4.69) is 40.3 Å². The lowest BCUT2D eigenvalue weighted by atomic mass is 10.1.